The van der Waals surface area contributed by atoms with Crippen molar-refractivity contribution in [2.75, 3.05) is 11.9 Å². The van der Waals surface area contributed by atoms with Gasteiger partial charge in [0.15, 0.2) is 5.78 Å². The van der Waals surface area contributed by atoms with Crippen LogP contribution >= 0.6 is 15.9 Å². The van der Waals surface area contributed by atoms with Crippen molar-refractivity contribution in [3.05, 3.63) is 0 Å². The lowest BCUT2D eigenvalue weighted by Crippen LogP contribution is -2.57. The summed E-state index contributed by atoms with van der Waals surface area (Å²) < 4.78 is 50.9. The number of halogens is 5. The summed E-state index contributed by atoms with van der Waals surface area (Å²) in [5, 5.41) is -0.0991. The molecule has 8 heteroatoms. The van der Waals surface area contributed by atoms with Crippen LogP contribution in [0.4, 0.5) is 17.6 Å². The van der Waals surface area contributed by atoms with Crippen LogP contribution < -0.4 is 0 Å². The molecule has 0 aromatic rings. The molecule has 0 spiro atoms. The molecule has 1 amide bonds. The first-order chi connectivity index (χ1) is 9.25. The molecule has 1 aliphatic rings. The van der Waals surface area contributed by atoms with Crippen LogP contribution in [0.2, 0.25) is 0 Å². The second kappa shape index (κ2) is 6.87. The maximum absolute atomic E-state index is 13.2. The Bertz CT molecular complexity index is 378. The van der Waals surface area contributed by atoms with Gasteiger partial charge in [-0.15, -0.1) is 0 Å². The molecule has 2 atom stereocenters. The zero-order valence-corrected chi connectivity index (χ0v) is 12.5. The van der Waals surface area contributed by atoms with Gasteiger partial charge in [-0.1, -0.05) is 29.3 Å². The Morgan fingerprint density at radius 3 is 2.45 bits per heavy atom. The first-order valence-corrected chi connectivity index (χ1v) is 7.43. The van der Waals surface area contributed by atoms with Crippen LogP contribution in [0, 0.1) is 5.92 Å². The third-order valence-electron chi connectivity index (χ3n) is 3.61. The summed E-state index contributed by atoms with van der Waals surface area (Å²) in [5.74, 6) is -7.01. The smallest absolute Gasteiger partial charge is 0.327 e. The van der Waals surface area contributed by atoms with E-state index in [-0.39, 0.29) is 24.2 Å². The molecule has 0 aromatic carbocycles. The average molecular weight is 362 g/mol. The van der Waals surface area contributed by atoms with E-state index in [9.17, 15) is 27.2 Å². The molecule has 116 valence electrons. The summed E-state index contributed by atoms with van der Waals surface area (Å²) >= 11 is 2.93. The molecule has 0 bridgehead atoms. The molecular weight excluding hydrogens is 346 g/mol. The highest BCUT2D eigenvalue weighted by molar-refractivity contribution is 9.09. The van der Waals surface area contributed by atoms with Gasteiger partial charge < -0.3 is 4.90 Å². The lowest BCUT2D eigenvalue weighted by molar-refractivity contribution is -0.185. The van der Waals surface area contributed by atoms with E-state index in [2.05, 4.69) is 15.9 Å². The molecule has 20 heavy (non-hydrogen) atoms. The van der Waals surface area contributed by atoms with Gasteiger partial charge in [0.1, 0.15) is 0 Å². The van der Waals surface area contributed by atoms with Crippen molar-refractivity contribution in [1.82, 2.24) is 4.90 Å². The fourth-order valence-corrected chi connectivity index (χ4v) is 2.71. The van der Waals surface area contributed by atoms with Crippen LogP contribution in [-0.4, -0.2) is 46.9 Å². The third kappa shape index (κ3) is 3.51. The van der Waals surface area contributed by atoms with Crippen LogP contribution in [-0.2, 0) is 9.59 Å². The van der Waals surface area contributed by atoms with Crippen molar-refractivity contribution >= 4 is 27.6 Å². The van der Waals surface area contributed by atoms with E-state index in [1.807, 2.05) is 6.92 Å². The highest BCUT2D eigenvalue weighted by atomic mass is 79.9. The maximum Gasteiger partial charge on any atom is 0.383 e. The number of Topliss-reactive ketones (excluding diaryl/α,β-unsaturated/α-hetero) is 1. The summed E-state index contributed by atoms with van der Waals surface area (Å²) in [6.45, 7) is 1.80. The van der Waals surface area contributed by atoms with E-state index in [1.54, 1.807) is 0 Å². The predicted molar refractivity (Wildman–Crippen MR) is 68.3 cm³/mol. The minimum absolute atomic E-state index is 0.0942. The number of carbonyl (C=O) groups is 2. The van der Waals surface area contributed by atoms with Crippen molar-refractivity contribution in [2.24, 2.45) is 5.92 Å². The Labute approximate surface area is 122 Å². The number of piperidine rings is 1. The van der Waals surface area contributed by atoms with Crippen LogP contribution in [0.3, 0.4) is 0 Å². The Morgan fingerprint density at radius 1 is 1.40 bits per heavy atom. The van der Waals surface area contributed by atoms with E-state index in [0.29, 0.717) is 11.3 Å². The van der Waals surface area contributed by atoms with Gasteiger partial charge in [-0.3, -0.25) is 9.59 Å². The Morgan fingerprint density at radius 2 is 2.00 bits per heavy atom. The van der Waals surface area contributed by atoms with Crippen molar-refractivity contribution in [2.45, 2.75) is 44.6 Å². The normalized spacial score (nSPS) is 24.1. The van der Waals surface area contributed by atoms with Gasteiger partial charge in [0.05, 0.1) is 11.4 Å². The minimum Gasteiger partial charge on any atom is -0.327 e. The van der Waals surface area contributed by atoms with Crippen LogP contribution in [0.5, 0.6) is 0 Å². The summed E-state index contributed by atoms with van der Waals surface area (Å²) in [6.07, 6.45) is -2.64. The van der Waals surface area contributed by atoms with E-state index in [1.165, 1.54) is 0 Å². The summed E-state index contributed by atoms with van der Waals surface area (Å²) in [5.41, 5.74) is 0. The minimum atomic E-state index is -4.75. The Kier molecular flexibility index (Phi) is 5.97. The van der Waals surface area contributed by atoms with Crippen LogP contribution in [0.1, 0.15) is 26.2 Å². The molecule has 1 rings (SSSR count). The third-order valence-corrected chi connectivity index (χ3v) is 4.16. The first kappa shape index (κ1) is 17.4. The highest BCUT2D eigenvalue weighted by Gasteiger charge is 2.53. The number of rotatable bonds is 5. The number of hydrogen-bond acceptors (Lipinski definition) is 2. The summed E-state index contributed by atoms with van der Waals surface area (Å²) in [6, 6.07) is -1.05. The van der Waals surface area contributed by atoms with E-state index < -0.39 is 30.1 Å². The van der Waals surface area contributed by atoms with E-state index in [0.717, 1.165) is 6.42 Å². The van der Waals surface area contributed by atoms with Gasteiger partial charge in [0, 0.05) is 6.54 Å². The number of carbonyl (C=O) groups excluding carboxylic acids is 2. The molecule has 0 radical (unpaired) electrons. The second-order valence-corrected chi connectivity index (χ2v) is 5.40. The maximum atomic E-state index is 13.2. The number of hydrogen-bond donors (Lipinski definition) is 0. The molecule has 1 heterocycles. The molecular formula is C12H16BrF4NO2. The van der Waals surface area contributed by atoms with Crippen molar-refractivity contribution in [1.29, 1.82) is 0 Å². The monoisotopic (exact) mass is 361 g/mol. The number of alkyl halides is 5. The van der Waals surface area contributed by atoms with E-state index >= 15 is 0 Å². The zero-order valence-electron chi connectivity index (χ0n) is 10.9. The quantitative estimate of drug-likeness (QED) is 0.557. The first-order valence-electron chi connectivity index (χ1n) is 6.31. The number of ketones is 1. The van der Waals surface area contributed by atoms with Gasteiger partial charge in [0.2, 0.25) is 0 Å². The standard InChI is InChI=1S/C12H16BrF4NO2/c1-2-7-3-4-18(8(5-7)9(19)6-13)11(20)12(16,17)10(14)15/h7-8,10H,2-6H2,1H3. The van der Waals surface area contributed by atoms with Crippen molar-refractivity contribution < 1.29 is 27.2 Å². The topological polar surface area (TPSA) is 37.4 Å². The molecule has 1 saturated heterocycles. The number of likely N-dealkylation sites (tertiary alicyclic amines) is 1. The van der Waals surface area contributed by atoms with Gasteiger partial charge in [-0.05, 0) is 18.8 Å². The molecule has 0 aromatic heterocycles. The molecule has 0 N–H and O–H groups in total. The zero-order chi connectivity index (χ0) is 15.5. The van der Waals surface area contributed by atoms with Crippen molar-refractivity contribution in [3.63, 3.8) is 0 Å². The van der Waals surface area contributed by atoms with Crippen LogP contribution in [0.25, 0.3) is 0 Å². The lowest BCUT2D eigenvalue weighted by atomic mass is 9.87. The van der Waals surface area contributed by atoms with E-state index in [4.69, 9.17) is 0 Å². The van der Waals surface area contributed by atoms with Crippen LogP contribution in [0.15, 0.2) is 0 Å². The largest absolute Gasteiger partial charge is 0.383 e. The molecule has 2 unspecified atom stereocenters. The van der Waals surface area contributed by atoms with Gasteiger partial charge in [-0.2, -0.15) is 8.78 Å². The molecule has 3 nitrogen and oxygen atoms in total. The lowest BCUT2D eigenvalue weighted by Gasteiger charge is -2.39. The SMILES string of the molecule is CCC1CCN(C(=O)C(F)(F)C(F)F)C(C(=O)CBr)C1. The fraction of sp³-hybridized carbons (Fsp3) is 0.833. The fourth-order valence-electron chi connectivity index (χ4n) is 2.33. The van der Waals surface area contributed by atoms with Gasteiger partial charge >= 0.3 is 12.3 Å². The Balaban J connectivity index is 2.96. The number of nitrogens with zero attached hydrogens (tertiary/aromatic N) is 1. The highest BCUT2D eigenvalue weighted by Crippen LogP contribution is 2.32. The average Bonchev–Trinajstić information content (AvgIpc) is 2.44. The molecule has 1 aliphatic heterocycles. The number of amides is 1. The predicted octanol–water partition coefficient (Wildman–Crippen LogP) is 2.87. The molecule has 0 saturated carbocycles. The second-order valence-electron chi connectivity index (χ2n) is 4.84. The summed E-state index contributed by atoms with van der Waals surface area (Å²) in [4.78, 5) is 24.0. The molecule has 1 fully saturated rings. The van der Waals surface area contributed by atoms with Gasteiger partial charge in [-0.25, -0.2) is 8.78 Å². The Hall–Kier alpha value is -0.660. The van der Waals surface area contributed by atoms with Gasteiger partial charge in [0.25, 0.3) is 5.91 Å². The van der Waals surface area contributed by atoms with Crippen molar-refractivity contribution in [3.8, 4) is 0 Å². The molecule has 0 aliphatic carbocycles. The summed E-state index contributed by atoms with van der Waals surface area (Å²) in [7, 11) is 0.